The van der Waals surface area contributed by atoms with Gasteiger partial charge in [0.05, 0.1) is 10.7 Å². The quantitative estimate of drug-likeness (QED) is 0.654. The van der Waals surface area contributed by atoms with Gasteiger partial charge in [0.1, 0.15) is 5.15 Å². The van der Waals surface area contributed by atoms with Crippen molar-refractivity contribution in [3.63, 3.8) is 0 Å². The third-order valence-electron chi connectivity index (χ3n) is 4.46. The van der Waals surface area contributed by atoms with Crippen LogP contribution in [0.3, 0.4) is 0 Å². The van der Waals surface area contributed by atoms with Crippen LogP contribution in [-0.4, -0.2) is 16.1 Å². The molecular weight excluding hydrogens is 413 g/mol. The number of hydrogen-bond donors (Lipinski definition) is 0. The van der Waals surface area contributed by atoms with Crippen LogP contribution in [-0.2, 0) is 6.42 Å². The molecule has 0 atom stereocenters. The van der Waals surface area contributed by atoms with Crippen molar-refractivity contribution in [3.05, 3.63) is 48.9 Å². The minimum atomic E-state index is -0.125. The second-order valence-electron chi connectivity index (χ2n) is 5.87. The van der Waals surface area contributed by atoms with Crippen molar-refractivity contribution < 1.29 is 0 Å². The number of anilines is 2. The van der Waals surface area contributed by atoms with Crippen molar-refractivity contribution >= 4 is 50.6 Å². The van der Waals surface area contributed by atoms with Crippen molar-refractivity contribution in [2.75, 3.05) is 11.4 Å². The van der Waals surface area contributed by atoms with E-state index in [0.717, 1.165) is 35.0 Å². The van der Waals surface area contributed by atoms with Crippen LogP contribution in [0.5, 0.6) is 0 Å². The molecule has 1 aliphatic rings. The number of halogens is 3. The molecule has 0 spiro atoms. The molecule has 24 heavy (non-hydrogen) atoms. The predicted molar refractivity (Wildman–Crippen MR) is 103 cm³/mol. The first-order valence-electron chi connectivity index (χ1n) is 8.00. The van der Waals surface area contributed by atoms with Crippen LogP contribution >= 0.6 is 39.1 Å². The van der Waals surface area contributed by atoms with Gasteiger partial charge in [-0.25, -0.2) is 4.98 Å². The Morgan fingerprint density at radius 1 is 1.29 bits per heavy atom. The Bertz CT molecular complexity index is 833. The molecule has 1 aliphatic heterocycles. The SMILES string of the molecule is CCC(CC)n1cc(Cl)nc(N2CCc3cc(Br)cc(Cl)c32)c1=O. The standard InChI is InChI=1S/C17H18BrCl2N3O/c1-3-12(4-2)23-9-14(20)21-16(17(23)24)22-6-5-10-7-11(18)8-13(19)15(10)22/h7-9,12H,3-6H2,1-2H3. The lowest BCUT2D eigenvalue weighted by Crippen LogP contribution is -2.31. The Labute approximate surface area is 159 Å². The number of aromatic nitrogens is 2. The second-order valence-corrected chi connectivity index (χ2v) is 7.58. The average molecular weight is 431 g/mol. The first-order chi connectivity index (χ1) is 11.5. The van der Waals surface area contributed by atoms with Gasteiger partial charge in [-0.15, -0.1) is 0 Å². The summed E-state index contributed by atoms with van der Waals surface area (Å²) in [5.74, 6) is 0.345. The largest absolute Gasteiger partial charge is 0.320 e. The van der Waals surface area contributed by atoms with Crippen molar-refractivity contribution in [2.24, 2.45) is 0 Å². The number of nitrogens with zero attached hydrogens (tertiary/aromatic N) is 3. The van der Waals surface area contributed by atoms with Gasteiger partial charge in [0, 0.05) is 23.3 Å². The fraction of sp³-hybridized carbons (Fsp3) is 0.412. The molecule has 0 N–H and O–H groups in total. The maximum absolute atomic E-state index is 13.0. The molecule has 1 aromatic carbocycles. The van der Waals surface area contributed by atoms with E-state index in [1.165, 1.54) is 0 Å². The molecule has 0 fully saturated rings. The fourth-order valence-corrected chi connectivity index (χ4v) is 4.43. The Kier molecular flexibility index (Phi) is 5.23. The van der Waals surface area contributed by atoms with Crippen molar-refractivity contribution in [1.82, 2.24) is 9.55 Å². The minimum absolute atomic E-state index is 0.110. The number of fused-ring (bicyclic) bond motifs is 1. The second kappa shape index (κ2) is 7.06. The molecule has 2 heterocycles. The number of hydrogen-bond acceptors (Lipinski definition) is 3. The molecule has 0 saturated heterocycles. The molecule has 1 aromatic heterocycles. The van der Waals surface area contributed by atoms with Crippen LogP contribution in [0.25, 0.3) is 0 Å². The summed E-state index contributed by atoms with van der Waals surface area (Å²) in [6.45, 7) is 4.79. The van der Waals surface area contributed by atoms with Gasteiger partial charge in [0.2, 0.25) is 5.82 Å². The summed E-state index contributed by atoms with van der Waals surface area (Å²) in [7, 11) is 0. The molecule has 4 nitrogen and oxygen atoms in total. The van der Waals surface area contributed by atoms with Gasteiger partial charge >= 0.3 is 0 Å². The number of rotatable bonds is 4. The van der Waals surface area contributed by atoms with E-state index >= 15 is 0 Å². The van der Waals surface area contributed by atoms with Crippen LogP contribution in [0, 0.1) is 0 Å². The van der Waals surface area contributed by atoms with Gasteiger partial charge in [-0.1, -0.05) is 53.0 Å². The lowest BCUT2D eigenvalue weighted by molar-refractivity contribution is 0.456. The molecule has 0 radical (unpaired) electrons. The van der Waals surface area contributed by atoms with E-state index in [1.54, 1.807) is 10.8 Å². The smallest absolute Gasteiger partial charge is 0.294 e. The Morgan fingerprint density at radius 3 is 2.67 bits per heavy atom. The zero-order valence-corrected chi connectivity index (χ0v) is 16.6. The van der Waals surface area contributed by atoms with Gasteiger partial charge in [-0.2, -0.15) is 0 Å². The van der Waals surface area contributed by atoms with Crippen LogP contribution in [0.2, 0.25) is 10.2 Å². The summed E-state index contributed by atoms with van der Waals surface area (Å²) in [6.07, 6.45) is 4.17. The first kappa shape index (κ1) is 17.8. The maximum Gasteiger partial charge on any atom is 0.294 e. The van der Waals surface area contributed by atoms with Crippen LogP contribution in [0.15, 0.2) is 27.6 Å². The minimum Gasteiger partial charge on any atom is -0.320 e. The third kappa shape index (κ3) is 3.09. The van der Waals surface area contributed by atoms with Gasteiger partial charge in [-0.3, -0.25) is 4.79 Å². The topological polar surface area (TPSA) is 38.1 Å². The fourth-order valence-electron chi connectivity index (χ4n) is 3.26. The Balaban J connectivity index is 2.15. The predicted octanol–water partition coefficient (Wildman–Crippen LogP) is 5.37. The Morgan fingerprint density at radius 2 is 2.00 bits per heavy atom. The van der Waals surface area contributed by atoms with E-state index in [1.807, 2.05) is 17.0 Å². The first-order valence-corrected chi connectivity index (χ1v) is 9.55. The monoisotopic (exact) mass is 429 g/mol. The van der Waals surface area contributed by atoms with E-state index in [-0.39, 0.29) is 11.6 Å². The highest BCUT2D eigenvalue weighted by Crippen LogP contribution is 2.40. The highest BCUT2D eigenvalue weighted by Gasteiger charge is 2.28. The molecule has 128 valence electrons. The van der Waals surface area contributed by atoms with E-state index in [4.69, 9.17) is 23.2 Å². The molecule has 0 aliphatic carbocycles. The van der Waals surface area contributed by atoms with Crippen LogP contribution in [0.4, 0.5) is 11.5 Å². The zero-order valence-electron chi connectivity index (χ0n) is 13.5. The molecule has 7 heteroatoms. The van der Waals surface area contributed by atoms with Crippen molar-refractivity contribution in [1.29, 1.82) is 0 Å². The lowest BCUT2D eigenvalue weighted by Gasteiger charge is -2.22. The van der Waals surface area contributed by atoms with E-state index in [2.05, 4.69) is 34.8 Å². The molecular formula is C17H18BrCl2N3O. The summed E-state index contributed by atoms with van der Waals surface area (Å²) in [5, 5.41) is 0.922. The summed E-state index contributed by atoms with van der Waals surface area (Å²) < 4.78 is 2.64. The maximum atomic E-state index is 13.0. The van der Waals surface area contributed by atoms with E-state index in [0.29, 0.717) is 22.5 Å². The molecule has 3 rings (SSSR count). The summed E-state index contributed by atoms with van der Waals surface area (Å²) >= 11 is 16.1. The van der Waals surface area contributed by atoms with Gasteiger partial charge in [-0.05, 0) is 37.0 Å². The third-order valence-corrected chi connectivity index (χ3v) is 5.39. The van der Waals surface area contributed by atoms with Crippen molar-refractivity contribution in [3.8, 4) is 0 Å². The molecule has 2 aromatic rings. The number of benzene rings is 1. The van der Waals surface area contributed by atoms with Gasteiger partial charge < -0.3 is 9.47 Å². The normalized spacial score (nSPS) is 13.7. The van der Waals surface area contributed by atoms with Crippen LogP contribution < -0.4 is 10.5 Å². The summed E-state index contributed by atoms with van der Waals surface area (Å²) in [6, 6.07) is 3.98. The summed E-state index contributed by atoms with van der Waals surface area (Å²) in [4.78, 5) is 19.2. The van der Waals surface area contributed by atoms with Gasteiger partial charge in [0.25, 0.3) is 5.56 Å². The van der Waals surface area contributed by atoms with Crippen LogP contribution in [0.1, 0.15) is 38.3 Å². The summed E-state index contributed by atoms with van der Waals surface area (Å²) in [5.41, 5.74) is 1.83. The van der Waals surface area contributed by atoms with E-state index in [9.17, 15) is 4.79 Å². The molecule has 0 unspecified atom stereocenters. The highest BCUT2D eigenvalue weighted by atomic mass is 79.9. The Hall–Kier alpha value is -1.04. The van der Waals surface area contributed by atoms with Crippen molar-refractivity contribution in [2.45, 2.75) is 39.2 Å². The van der Waals surface area contributed by atoms with Gasteiger partial charge in [0.15, 0.2) is 0 Å². The average Bonchev–Trinajstić information content (AvgIpc) is 2.95. The zero-order chi connectivity index (χ0) is 17.4. The molecule has 0 saturated carbocycles. The molecule has 0 bridgehead atoms. The lowest BCUT2D eigenvalue weighted by atomic mass is 10.1. The van der Waals surface area contributed by atoms with E-state index < -0.39 is 0 Å². The highest BCUT2D eigenvalue weighted by molar-refractivity contribution is 9.10. The molecule has 0 amide bonds.